The van der Waals surface area contributed by atoms with Gasteiger partial charge in [0.2, 0.25) is 5.75 Å². The number of fused-ring (bicyclic) bond motifs is 1. The van der Waals surface area contributed by atoms with Crippen LogP contribution < -0.4 is 9.47 Å². The summed E-state index contributed by atoms with van der Waals surface area (Å²) in [7, 11) is 1.43. The summed E-state index contributed by atoms with van der Waals surface area (Å²) in [5, 5.41) is 9.85. The maximum atomic E-state index is 10.8. The molecular weight excluding hydrogens is 220 g/mol. The summed E-state index contributed by atoms with van der Waals surface area (Å²) in [5.74, 6) is 0.470. The van der Waals surface area contributed by atoms with Crippen LogP contribution >= 0.6 is 0 Å². The monoisotopic (exact) mass is 234 g/mol. The predicted molar refractivity (Wildman–Crippen MR) is 63.8 cm³/mol. The van der Waals surface area contributed by atoms with Crippen LogP contribution in [0.25, 0.3) is 6.08 Å². The number of ether oxygens (including phenoxy) is 2. The second kappa shape index (κ2) is 3.80. The van der Waals surface area contributed by atoms with Crippen LogP contribution in [0.5, 0.6) is 17.2 Å². The summed E-state index contributed by atoms with van der Waals surface area (Å²) in [4.78, 5) is 10.8. The van der Waals surface area contributed by atoms with Crippen molar-refractivity contribution in [2.75, 3.05) is 7.11 Å². The van der Waals surface area contributed by atoms with Crippen molar-refractivity contribution >= 4 is 12.4 Å². The van der Waals surface area contributed by atoms with E-state index < -0.39 is 5.60 Å². The lowest BCUT2D eigenvalue weighted by molar-refractivity contribution is 0.111. The zero-order valence-electron chi connectivity index (χ0n) is 9.98. The first-order valence-electron chi connectivity index (χ1n) is 5.26. The third kappa shape index (κ3) is 1.86. The summed E-state index contributed by atoms with van der Waals surface area (Å²) in [5.41, 5.74) is 0.449. The van der Waals surface area contributed by atoms with E-state index >= 15 is 0 Å². The van der Waals surface area contributed by atoms with Crippen LogP contribution in [-0.4, -0.2) is 24.1 Å². The van der Waals surface area contributed by atoms with E-state index in [1.54, 1.807) is 6.07 Å². The number of phenolic OH excluding ortho intramolecular Hbond substituents is 1. The second-order valence-corrected chi connectivity index (χ2v) is 4.42. The first-order chi connectivity index (χ1) is 7.98. The molecule has 0 aliphatic carbocycles. The van der Waals surface area contributed by atoms with Crippen LogP contribution in [0, 0.1) is 0 Å². The van der Waals surface area contributed by atoms with Gasteiger partial charge >= 0.3 is 0 Å². The quantitative estimate of drug-likeness (QED) is 0.798. The van der Waals surface area contributed by atoms with Gasteiger partial charge in [-0.2, -0.15) is 0 Å². The molecule has 0 saturated heterocycles. The van der Waals surface area contributed by atoms with E-state index in [0.29, 0.717) is 12.0 Å². The highest BCUT2D eigenvalue weighted by Crippen LogP contribution is 2.45. The molecule has 0 amide bonds. The molecule has 90 valence electrons. The Morgan fingerprint density at radius 3 is 2.76 bits per heavy atom. The molecule has 1 aromatic rings. The molecule has 0 atom stereocenters. The highest BCUT2D eigenvalue weighted by Gasteiger charge is 2.27. The van der Waals surface area contributed by atoms with Gasteiger partial charge in [-0.05, 0) is 26.0 Å². The molecule has 0 bridgehead atoms. The van der Waals surface area contributed by atoms with Crippen molar-refractivity contribution in [3.05, 3.63) is 23.3 Å². The molecule has 0 radical (unpaired) electrons. The molecule has 17 heavy (non-hydrogen) atoms. The number of carbonyl (C=O) groups excluding carboxylic acids is 1. The van der Waals surface area contributed by atoms with Crippen LogP contribution in [-0.2, 0) is 0 Å². The number of hydrogen-bond donors (Lipinski definition) is 1. The normalized spacial score (nSPS) is 15.9. The molecule has 1 N–H and O–H groups in total. The van der Waals surface area contributed by atoms with Crippen molar-refractivity contribution < 1.29 is 19.4 Å². The highest BCUT2D eigenvalue weighted by molar-refractivity contribution is 5.85. The van der Waals surface area contributed by atoms with Gasteiger partial charge in [-0.3, -0.25) is 4.79 Å². The predicted octanol–water partition coefficient (Wildman–Crippen LogP) is 2.40. The summed E-state index contributed by atoms with van der Waals surface area (Å²) in [6.07, 6.45) is 4.33. The summed E-state index contributed by atoms with van der Waals surface area (Å²) in [6.45, 7) is 3.80. The van der Waals surface area contributed by atoms with E-state index in [2.05, 4.69) is 0 Å². The first kappa shape index (κ1) is 11.5. The van der Waals surface area contributed by atoms with E-state index in [1.807, 2.05) is 26.0 Å². The molecule has 0 saturated carbocycles. The van der Waals surface area contributed by atoms with E-state index in [-0.39, 0.29) is 17.1 Å². The third-order valence-corrected chi connectivity index (χ3v) is 2.63. The van der Waals surface area contributed by atoms with Gasteiger partial charge in [0, 0.05) is 5.56 Å². The summed E-state index contributed by atoms with van der Waals surface area (Å²) in [6, 6.07) is 1.58. The highest BCUT2D eigenvalue weighted by atomic mass is 16.5. The van der Waals surface area contributed by atoms with Gasteiger partial charge in [0.05, 0.1) is 12.7 Å². The molecule has 2 rings (SSSR count). The Kier molecular flexibility index (Phi) is 2.58. The van der Waals surface area contributed by atoms with Crippen LogP contribution in [0.2, 0.25) is 0 Å². The maximum Gasteiger partial charge on any atom is 0.204 e. The lowest BCUT2D eigenvalue weighted by atomic mass is 10.00. The van der Waals surface area contributed by atoms with Gasteiger partial charge in [-0.15, -0.1) is 0 Å². The number of methoxy groups -OCH3 is 1. The Morgan fingerprint density at radius 1 is 1.47 bits per heavy atom. The number of carbonyl (C=O) groups is 1. The van der Waals surface area contributed by atoms with Gasteiger partial charge in [0.15, 0.2) is 17.8 Å². The number of benzene rings is 1. The van der Waals surface area contributed by atoms with Gasteiger partial charge in [0.1, 0.15) is 5.60 Å². The van der Waals surface area contributed by atoms with Gasteiger partial charge in [0.25, 0.3) is 0 Å². The molecule has 1 aliphatic heterocycles. The molecule has 0 fully saturated rings. The Morgan fingerprint density at radius 2 is 2.18 bits per heavy atom. The van der Waals surface area contributed by atoms with Crippen LogP contribution in [0.15, 0.2) is 12.1 Å². The summed E-state index contributed by atoms with van der Waals surface area (Å²) >= 11 is 0. The minimum Gasteiger partial charge on any atom is -0.504 e. The van der Waals surface area contributed by atoms with Crippen molar-refractivity contribution in [1.82, 2.24) is 0 Å². The smallest absolute Gasteiger partial charge is 0.204 e. The average molecular weight is 234 g/mol. The number of aromatic hydroxyl groups is 1. The molecule has 4 nitrogen and oxygen atoms in total. The maximum absolute atomic E-state index is 10.8. The fourth-order valence-corrected chi connectivity index (χ4v) is 1.77. The van der Waals surface area contributed by atoms with Gasteiger partial charge < -0.3 is 14.6 Å². The van der Waals surface area contributed by atoms with E-state index in [4.69, 9.17) is 9.47 Å². The Balaban J connectivity index is 2.67. The van der Waals surface area contributed by atoms with Crippen LogP contribution in [0.3, 0.4) is 0 Å². The topological polar surface area (TPSA) is 55.8 Å². The van der Waals surface area contributed by atoms with E-state index in [0.717, 1.165) is 5.56 Å². The average Bonchev–Trinajstić information content (AvgIpc) is 2.27. The lowest BCUT2D eigenvalue weighted by Crippen LogP contribution is -2.27. The molecular formula is C13H14O4. The number of phenols is 1. The largest absolute Gasteiger partial charge is 0.504 e. The molecule has 0 aromatic heterocycles. The van der Waals surface area contributed by atoms with Gasteiger partial charge in [-0.25, -0.2) is 0 Å². The van der Waals surface area contributed by atoms with Crippen molar-refractivity contribution in [3.63, 3.8) is 0 Å². The Bertz CT molecular complexity index is 501. The molecule has 1 aliphatic rings. The fraction of sp³-hybridized carbons (Fsp3) is 0.308. The van der Waals surface area contributed by atoms with Crippen molar-refractivity contribution in [2.24, 2.45) is 0 Å². The van der Waals surface area contributed by atoms with Crippen LogP contribution in [0.4, 0.5) is 0 Å². The number of hydrogen-bond acceptors (Lipinski definition) is 4. The lowest BCUT2D eigenvalue weighted by Gasteiger charge is -2.29. The zero-order chi connectivity index (χ0) is 12.6. The third-order valence-electron chi connectivity index (χ3n) is 2.63. The first-order valence-corrected chi connectivity index (χ1v) is 5.26. The number of rotatable bonds is 2. The van der Waals surface area contributed by atoms with Crippen molar-refractivity contribution in [3.8, 4) is 17.2 Å². The zero-order valence-corrected chi connectivity index (χ0v) is 9.98. The molecule has 0 unspecified atom stereocenters. The fourth-order valence-electron chi connectivity index (χ4n) is 1.77. The van der Waals surface area contributed by atoms with Crippen LogP contribution in [0.1, 0.15) is 29.8 Å². The molecule has 1 aromatic carbocycles. The van der Waals surface area contributed by atoms with Gasteiger partial charge in [-0.1, -0.05) is 6.08 Å². The molecule has 0 spiro atoms. The Hall–Kier alpha value is -1.97. The van der Waals surface area contributed by atoms with Crippen molar-refractivity contribution in [2.45, 2.75) is 19.4 Å². The second-order valence-electron chi connectivity index (χ2n) is 4.42. The SMILES string of the molecule is COc1c(O)c(C=O)cc2c1OC(C)(C)C=C2. The van der Waals surface area contributed by atoms with E-state index in [1.165, 1.54) is 7.11 Å². The van der Waals surface area contributed by atoms with Crippen molar-refractivity contribution in [1.29, 1.82) is 0 Å². The standard InChI is InChI=1S/C13H14O4/c1-13(2)5-4-8-6-9(7-14)10(15)12(16-3)11(8)17-13/h4-7,15H,1-3H3. The summed E-state index contributed by atoms with van der Waals surface area (Å²) < 4.78 is 10.8. The minimum absolute atomic E-state index is 0.188. The number of aldehydes is 1. The van der Waals surface area contributed by atoms with E-state index in [9.17, 15) is 9.90 Å². The Labute approximate surface area is 99.5 Å². The molecule has 4 heteroatoms. The minimum atomic E-state index is -0.463. The molecule has 1 heterocycles.